The fourth-order valence-corrected chi connectivity index (χ4v) is 2.69. The van der Waals surface area contributed by atoms with Crippen molar-refractivity contribution < 1.29 is 18.7 Å². The summed E-state index contributed by atoms with van der Waals surface area (Å²) in [5.74, 6) is 0.160. The van der Waals surface area contributed by atoms with Gasteiger partial charge >= 0.3 is 17.2 Å². The second-order valence-electron chi connectivity index (χ2n) is 4.62. The summed E-state index contributed by atoms with van der Waals surface area (Å²) < 4.78 is 11.1. The SMILES string of the molecule is COc1ccc(-[n+]2[nH]oc(=O)c2C(=O)NCc2cccs2)cc1. The van der Waals surface area contributed by atoms with Gasteiger partial charge in [0.05, 0.1) is 13.7 Å². The highest BCUT2D eigenvalue weighted by Crippen LogP contribution is 2.11. The molecule has 3 aromatic rings. The zero-order valence-corrected chi connectivity index (χ0v) is 13.1. The van der Waals surface area contributed by atoms with Crippen molar-refractivity contribution in [2.45, 2.75) is 6.54 Å². The van der Waals surface area contributed by atoms with Gasteiger partial charge in [-0.25, -0.2) is 4.79 Å². The maximum Gasteiger partial charge on any atom is 0.441 e. The Morgan fingerprint density at radius 2 is 2.13 bits per heavy atom. The van der Waals surface area contributed by atoms with Gasteiger partial charge in [-0.1, -0.05) is 6.07 Å². The molecule has 0 spiro atoms. The maximum atomic E-state index is 12.3. The lowest BCUT2D eigenvalue weighted by molar-refractivity contribution is -0.672. The highest BCUT2D eigenvalue weighted by Gasteiger charge is 2.30. The van der Waals surface area contributed by atoms with E-state index in [1.807, 2.05) is 17.5 Å². The predicted octanol–water partition coefficient (Wildman–Crippen LogP) is 1.24. The fourth-order valence-electron chi connectivity index (χ4n) is 2.04. The van der Waals surface area contributed by atoms with E-state index < -0.39 is 11.5 Å². The lowest BCUT2D eigenvalue weighted by Gasteiger charge is -2.00. The van der Waals surface area contributed by atoms with E-state index in [1.54, 1.807) is 31.4 Å². The lowest BCUT2D eigenvalue weighted by Crippen LogP contribution is -2.44. The number of H-pyrrole nitrogens is 1. The van der Waals surface area contributed by atoms with Gasteiger partial charge in [0.1, 0.15) is 5.75 Å². The van der Waals surface area contributed by atoms with E-state index in [1.165, 1.54) is 16.0 Å². The summed E-state index contributed by atoms with van der Waals surface area (Å²) >= 11 is 1.53. The molecule has 0 aliphatic carbocycles. The van der Waals surface area contributed by atoms with Gasteiger partial charge in [0, 0.05) is 17.0 Å². The van der Waals surface area contributed by atoms with Crippen molar-refractivity contribution in [1.29, 1.82) is 0 Å². The third kappa shape index (κ3) is 3.16. The van der Waals surface area contributed by atoms with Gasteiger partial charge in [-0.05, 0) is 33.5 Å². The van der Waals surface area contributed by atoms with E-state index in [4.69, 9.17) is 9.26 Å². The van der Waals surface area contributed by atoms with Crippen molar-refractivity contribution >= 4 is 17.2 Å². The summed E-state index contributed by atoms with van der Waals surface area (Å²) in [6.45, 7) is 0.351. The van der Waals surface area contributed by atoms with E-state index in [0.29, 0.717) is 18.0 Å². The average molecular weight is 332 g/mol. The molecule has 0 fully saturated rings. The van der Waals surface area contributed by atoms with Crippen LogP contribution in [0.2, 0.25) is 0 Å². The summed E-state index contributed by atoms with van der Waals surface area (Å²) in [7, 11) is 1.56. The Balaban J connectivity index is 1.85. The number of methoxy groups -OCH3 is 1. The second-order valence-corrected chi connectivity index (χ2v) is 5.66. The normalized spacial score (nSPS) is 10.5. The van der Waals surface area contributed by atoms with Crippen LogP contribution in [0.1, 0.15) is 15.4 Å². The van der Waals surface area contributed by atoms with E-state index in [-0.39, 0.29) is 5.69 Å². The summed E-state index contributed by atoms with van der Waals surface area (Å²) in [4.78, 5) is 25.1. The number of thiophene rings is 1. The van der Waals surface area contributed by atoms with Gasteiger partial charge in [0.2, 0.25) is 5.69 Å². The van der Waals surface area contributed by atoms with Gasteiger partial charge in [0.15, 0.2) is 0 Å². The molecule has 2 heterocycles. The fraction of sp³-hybridized carbons (Fsp3) is 0.133. The molecule has 0 saturated carbocycles. The number of benzene rings is 1. The Morgan fingerprint density at radius 3 is 2.78 bits per heavy atom. The monoisotopic (exact) mass is 332 g/mol. The Labute approximate surface area is 135 Å². The first-order valence-electron chi connectivity index (χ1n) is 6.77. The molecule has 23 heavy (non-hydrogen) atoms. The number of amides is 1. The molecule has 3 rings (SSSR count). The zero-order valence-electron chi connectivity index (χ0n) is 12.2. The molecule has 118 valence electrons. The molecule has 0 radical (unpaired) electrons. The average Bonchev–Trinajstić information content (AvgIpc) is 3.22. The standard InChI is InChI=1S/C15H13N3O4S/c1-21-11-6-4-10(5-7-11)18-13(15(20)22-17-18)14(19)16-9-12-3-2-8-23-12/h2-8H,9H2,1H3,(H-,16,17,19,20)/p+1. The number of ether oxygens (including phenoxy) is 1. The highest BCUT2D eigenvalue weighted by atomic mass is 32.1. The minimum absolute atomic E-state index is 0.119. The van der Waals surface area contributed by atoms with Crippen LogP contribution < -0.4 is 20.4 Å². The van der Waals surface area contributed by atoms with Crippen LogP contribution in [0, 0.1) is 0 Å². The molecule has 1 aromatic carbocycles. The molecule has 7 nitrogen and oxygen atoms in total. The Hall–Kier alpha value is -2.87. The van der Waals surface area contributed by atoms with Crippen LogP contribution in [0.25, 0.3) is 5.69 Å². The highest BCUT2D eigenvalue weighted by molar-refractivity contribution is 7.09. The molecule has 1 amide bonds. The van der Waals surface area contributed by atoms with Crippen LogP contribution in [-0.2, 0) is 6.54 Å². The number of rotatable bonds is 5. The molecule has 2 N–H and O–H groups in total. The Kier molecular flexibility index (Phi) is 4.24. The van der Waals surface area contributed by atoms with E-state index in [2.05, 4.69) is 10.6 Å². The summed E-state index contributed by atoms with van der Waals surface area (Å²) in [5, 5.41) is 7.06. The summed E-state index contributed by atoms with van der Waals surface area (Å²) in [5.41, 5.74) is -0.269. The van der Waals surface area contributed by atoms with Crippen LogP contribution in [0.15, 0.2) is 51.1 Å². The van der Waals surface area contributed by atoms with Gasteiger partial charge in [-0.15, -0.1) is 11.3 Å². The molecule has 0 atom stereocenters. The minimum atomic E-state index is -0.732. The third-order valence-electron chi connectivity index (χ3n) is 3.20. The Bertz CT molecular complexity index is 850. The number of aromatic amines is 1. The molecular weight excluding hydrogens is 318 g/mol. The maximum absolute atomic E-state index is 12.3. The summed E-state index contributed by atoms with van der Waals surface area (Å²) in [6, 6.07) is 10.7. The molecule has 2 aromatic heterocycles. The largest absolute Gasteiger partial charge is 0.497 e. The topological polar surface area (TPSA) is 88.2 Å². The summed E-state index contributed by atoms with van der Waals surface area (Å²) in [6.07, 6.45) is 0. The molecule has 0 saturated heterocycles. The quantitative estimate of drug-likeness (QED) is 0.688. The molecular formula is C15H14N3O4S+. The van der Waals surface area contributed by atoms with Crippen molar-refractivity contribution in [2.75, 3.05) is 7.11 Å². The number of aromatic nitrogens is 2. The van der Waals surface area contributed by atoms with Gasteiger partial charge in [-0.2, -0.15) is 0 Å². The van der Waals surface area contributed by atoms with Crippen LogP contribution in [-0.4, -0.2) is 18.3 Å². The van der Waals surface area contributed by atoms with Crippen molar-refractivity contribution in [2.24, 2.45) is 0 Å². The van der Waals surface area contributed by atoms with Gasteiger partial charge in [-0.3, -0.25) is 9.32 Å². The van der Waals surface area contributed by atoms with Crippen LogP contribution in [0.3, 0.4) is 0 Å². The molecule has 8 heteroatoms. The molecule has 0 aliphatic rings. The first kappa shape index (κ1) is 15.0. The number of nitrogens with zero attached hydrogens (tertiary/aromatic N) is 1. The number of hydrogen-bond donors (Lipinski definition) is 2. The van der Waals surface area contributed by atoms with Crippen molar-refractivity contribution in [3.8, 4) is 11.4 Å². The smallest absolute Gasteiger partial charge is 0.441 e. The number of carbonyl (C=O) groups is 1. The van der Waals surface area contributed by atoms with Crippen LogP contribution in [0.5, 0.6) is 5.75 Å². The predicted molar refractivity (Wildman–Crippen MR) is 82.9 cm³/mol. The Morgan fingerprint density at radius 1 is 1.35 bits per heavy atom. The first-order chi connectivity index (χ1) is 11.2. The first-order valence-corrected chi connectivity index (χ1v) is 7.65. The van der Waals surface area contributed by atoms with Crippen LogP contribution >= 0.6 is 11.3 Å². The van der Waals surface area contributed by atoms with E-state index >= 15 is 0 Å². The van der Waals surface area contributed by atoms with E-state index in [0.717, 1.165) is 4.88 Å². The third-order valence-corrected chi connectivity index (χ3v) is 4.07. The lowest BCUT2D eigenvalue weighted by atomic mass is 10.3. The minimum Gasteiger partial charge on any atom is -0.497 e. The molecule has 0 aliphatic heterocycles. The molecule has 0 unspecified atom stereocenters. The van der Waals surface area contributed by atoms with Gasteiger partial charge < -0.3 is 10.1 Å². The number of carbonyl (C=O) groups excluding carboxylic acids is 1. The van der Waals surface area contributed by atoms with Crippen molar-refractivity contribution in [1.82, 2.24) is 10.6 Å². The number of nitrogens with one attached hydrogen (secondary N) is 2. The van der Waals surface area contributed by atoms with Gasteiger partial charge in [0.25, 0.3) is 0 Å². The van der Waals surface area contributed by atoms with Crippen molar-refractivity contribution in [3.63, 3.8) is 0 Å². The zero-order chi connectivity index (χ0) is 16.2. The van der Waals surface area contributed by atoms with Crippen LogP contribution in [0.4, 0.5) is 0 Å². The van der Waals surface area contributed by atoms with Crippen molar-refractivity contribution in [3.05, 3.63) is 62.8 Å². The van der Waals surface area contributed by atoms with E-state index in [9.17, 15) is 9.59 Å². The second kappa shape index (κ2) is 6.49. The number of hydrogen-bond acceptors (Lipinski definition) is 5. The molecule has 0 bridgehead atoms.